The van der Waals surface area contributed by atoms with Crippen molar-refractivity contribution >= 4 is 5.97 Å². The van der Waals surface area contributed by atoms with Crippen LogP contribution in [-0.2, 0) is 11.3 Å². The lowest BCUT2D eigenvalue weighted by atomic mass is 9.44. The van der Waals surface area contributed by atoms with Gasteiger partial charge in [0, 0.05) is 12.7 Å². The number of aromatic nitrogens is 2. The maximum Gasteiger partial charge on any atom is 0.309 e. The van der Waals surface area contributed by atoms with Crippen molar-refractivity contribution in [3.63, 3.8) is 0 Å². The van der Waals surface area contributed by atoms with Gasteiger partial charge >= 0.3 is 5.97 Å². The molecule has 4 bridgehead atoms. The third-order valence-electron chi connectivity index (χ3n) is 5.91. The second-order valence-corrected chi connectivity index (χ2v) is 7.70. The molecule has 4 aliphatic carbocycles. The Kier molecular flexibility index (Phi) is 2.40. The minimum atomic E-state index is -0.548. The van der Waals surface area contributed by atoms with Gasteiger partial charge in [-0.15, -0.1) is 0 Å². The summed E-state index contributed by atoms with van der Waals surface area (Å²) in [7, 11) is 0. The van der Waals surface area contributed by atoms with Crippen molar-refractivity contribution in [2.45, 2.75) is 52.0 Å². The van der Waals surface area contributed by atoms with Gasteiger partial charge in [0.05, 0.1) is 11.1 Å². The zero-order valence-electron chi connectivity index (χ0n) is 12.0. The molecule has 3 unspecified atom stereocenters. The minimum Gasteiger partial charge on any atom is -0.481 e. The molecule has 1 aromatic rings. The van der Waals surface area contributed by atoms with Crippen LogP contribution in [0, 0.1) is 29.6 Å². The summed E-state index contributed by atoms with van der Waals surface area (Å²) in [5.41, 5.74) is 0.801. The molecule has 0 aliphatic heterocycles. The van der Waals surface area contributed by atoms with Crippen molar-refractivity contribution in [3.8, 4) is 0 Å². The first kappa shape index (κ1) is 12.4. The monoisotopic (exact) mass is 274 g/mol. The highest BCUT2D eigenvalue weighted by molar-refractivity contribution is 5.75. The van der Waals surface area contributed by atoms with E-state index in [1.165, 1.54) is 19.3 Å². The first-order valence-corrected chi connectivity index (χ1v) is 7.72. The molecule has 1 N–H and O–H groups in total. The normalized spacial score (nSPS) is 42.0. The maximum absolute atomic E-state index is 11.8. The second kappa shape index (κ2) is 3.86. The molecule has 1 aromatic heterocycles. The van der Waals surface area contributed by atoms with Crippen molar-refractivity contribution in [2.75, 3.05) is 0 Å². The van der Waals surface area contributed by atoms with Crippen LogP contribution >= 0.6 is 0 Å². The quantitative estimate of drug-likeness (QED) is 0.922. The topological polar surface area (TPSA) is 55.1 Å². The van der Waals surface area contributed by atoms with Crippen LogP contribution in [0.25, 0.3) is 0 Å². The Balaban J connectivity index is 1.66. The standard InChI is InChI=1S/C16H22N2O2/c1-11-2-3-18(17-11)10-15-5-12-4-13(6-15)8-16(7-12,9-15)14(19)20/h2-3,12-13H,4-10H2,1H3,(H,19,20)/t12-,13?,15?,16?/m0/s1. The molecular weight excluding hydrogens is 252 g/mol. The molecule has 4 heteroatoms. The lowest BCUT2D eigenvalue weighted by Crippen LogP contribution is -2.56. The number of carbonyl (C=O) groups is 1. The summed E-state index contributed by atoms with van der Waals surface area (Å²) in [4.78, 5) is 11.8. The fraction of sp³-hybridized carbons (Fsp3) is 0.750. The molecule has 108 valence electrons. The Labute approximate surface area is 119 Å². The molecule has 0 radical (unpaired) electrons. The highest BCUT2D eigenvalue weighted by atomic mass is 16.4. The number of aryl methyl sites for hydroxylation is 1. The Hall–Kier alpha value is -1.32. The molecule has 0 spiro atoms. The van der Waals surface area contributed by atoms with Crippen LogP contribution in [0.15, 0.2) is 12.3 Å². The number of carboxylic acid groups (broad SMARTS) is 1. The average molecular weight is 274 g/mol. The molecule has 20 heavy (non-hydrogen) atoms. The molecule has 4 saturated carbocycles. The molecule has 4 aliphatic rings. The molecule has 4 nitrogen and oxygen atoms in total. The van der Waals surface area contributed by atoms with E-state index >= 15 is 0 Å². The Morgan fingerprint density at radius 2 is 2.10 bits per heavy atom. The summed E-state index contributed by atoms with van der Waals surface area (Å²) in [5.74, 6) is 0.709. The van der Waals surface area contributed by atoms with E-state index in [0.29, 0.717) is 11.8 Å². The summed E-state index contributed by atoms with van der Waals surface area (Å²) < 4.78 is 2.04. The van der Waals surface area contributed by atoms with Crippen LogP contribution < -0.4 is 0 Å². The lowest BCUT2D eigenvalue weighted by Gasteiger charge is -2.60. The predicted octanol–water partition coefficient (Wildman–Crippen LogP) is 2.86. The third kappa shape index (κ3) is 1.73. The Morgan fingerprint density at radius 1 is 1.40 bits per heavy atom. The first-order valence-electron chi connectivity index (χ1n) is 7.72. The molecular formula is C16H22N2O2. The van der Waals surface area contributed by atoms with E-state index in [4.69, 9.17) is 0 Å². The second-order valence-electron chi connectivity index (χ2n) is 7.70. The van der Waals surface area contributed by atoms with E-state index in [2.05, 4.69) is 5.10 Å². The zero-order chi connectivity index (χ0) is 14.0. The van der Waals surface area contributed by atoms with Gasteiger partial charge in [0.15, 0.2) is 0 Å². The molecule has 4 atom stereocenters. The minimum absolute atomic E-state index is 0.181. The van der Waals surface area contributed by atoms with Gasteiger partial charge in [-0.3, -0.25) is 9.48 Å². The third-order valence-corrected chi connectivity index (χ3v) is 5.91. The SMILES string of the molecule is Cc1ccn(CC23CC4C[C@@H](C2)CC(C(=O)O)(C4)C3)n1. The molecule has 4 fully saturated rings. The van der Waals surface area contributed by atoms with Crippen LogP contribution in [0.2, 0.25) is 0 Å². The number of aliphatic carboxylic acids is 1. The molecule has 0 amide bonds. The highest BCUT2D eigenvalue weighted by Crippen LogP contribution is 2.65. The van der Waals surface area contributed by atoms with Crippen LogP contribution in [0.3, 0.4) is 0 Å². The summed E-state index contributed by atoms with van der Waals surface area (Å²) in [6.07, 6.45) is 8.41. The molecule has 5 rings (SSSR count). The van der Waals surface area contributed by atoms with E-state index in [1.807, 2.05) is 23.9 Å². The average Bonchev–Trinajstić information content (AvgIpc) is 2.71. The zero-order valence-corrected chi connectivity index (χ0v) is 12.0. The van der Waals surface area contributed by atoms with E-state index in [-0.39, 0.29) is 5.41 Å². The summed E-state index contributed by atoms with van der Waals surface area (Å²) >= 11 is 0. The fourth-order valence-electron chi connectivity index (χ4n) is 5.78. The van der Waals surface area contributed by atoms with E-state index in [1.54, 1.807) is 0 Å². The molecule has 0 aromatic carbocycles. The van der Waals surface area contributed by atoms with E-state index in [0.717, 1.165) is 31.5 Å². The Bertz CT molecular complexity index is 549. The number of rotatable bonds is 3. The van der Waals surface area contributed by atoms with Crippen LogP contribution in [0.4, 0.5) is 0 Å². The van der Waals surface area contributed by atoms with Crippen LogP contribution in [0.1, 0.15) is 44.2 Å². The van der Waals surface area contributed by atoms with E-state index < -0.39 is 11.4 Å². The predicted molar refractivity (Wildman–Crippen MR) is 74.1 cm³/mol. The molecule has 1 heterocycles. The fourth-order valence-corrected chi connectivity index (χ4v) is 5.78. The van der Waals surface area contributed by atoms with E-state index in [9.17, 15) is 9.90 Å². The van der Waals surface area contributed by atoms with Gasteiger partial charge in [-0.2, -0.15) is 5.10 Å². The van der Waals surface area contributed by atoms with Gasteiger partial charge in [-0.1, -0.05) is 0 Å². The summed E-state index contributed by atoms with van der Waals surface area (Å²) in [5, 5.41) is 14.3. The highest BCUT2D eigenvalue weighted by Gasteiger charge is 2.60. The van der Waals surface area contributed by atoms with Crippen molar-refractivity contribution in [1.82, 2.24) is 9.78 Å². The summed E-state index contributed by atoms with van der Waals surface area (Å²) in [6, 6.07) is 2.04. The van der Waals surface area contributed by atoms with Crippen molar-refractivity contribution in [2.24, 2.45) is 22.7 Å². The lowest BCUT2D eigenvalue weighted by molar-refractivity contribution is -0.176. The first-order chi connectivity index (χ1) is 9.49. The molecule has 0 saturated heterocycles. The summed E-state index contributed by atoms with van der Waals surface area (Å²) in [6.45, 7) is 2.91. The van der Waals surface area contributed by atoms with Gasteiger partial charge in [-0.05, 0) is 68.8 Å². The number of hydrogen-bond acceptors (Lipinski definition) is 2. The Morgan fingerprint density at radius 3 is 2.65 bits per heavy atom. The van der Waals surface area contributed by atoms with Crippen molar-refractivity contribution < 1.29 is 9.90 Å². The van der Waals surface area contributed by atoms with Crippen LogP contribution in [0.5, 0.6) is 0 Å². The van der Waals surface area contributed by atoms with Gasteiger partial charge in [0.2, 0.25) is 0 Å². The smallest absolute Gasteiger partial charge is 0.309 e. The van der Waals surface area contributed by atoms with Gasteiger partial charge < -0.3 is 5.11 Å². The number of carboxylic acids is 1. The van der Waals surface area contributed by atoms with Gasteiger partial charge in [-0.25, -0.2) is 0 Å². The maximum atomic E-state index is 11.8. The number of hydrogen-bond donors (Lipinski definition) is 1. The van der Waals surface area contributed by atoms with Crippen molar-refractivity contribution in [3.05, 3.63) is 18.0 Å². The van der Waals surface area contributed by atoms with Gasteiger partial charge in [0.1, 0.15) is 0 Å². The van der Waals surface area contributed by atoms with Gasteiger partial charge in [0.25, 0.3) is 0 Å². The van der Waals surface area contributed by atoms with Crippen LogP contribution in [-0.4, -0.2) is 20.9 Å². The largest absolute Gasteiger partial charge is 0.481 e. The van der Waals surface area contributed by atoms with Crippen molar-refractivity contribution in [1.29, 1.82) is 0 Å². The number of nitrogens with zero attached hydrogens (tertiary/aromatic N) is 2.